The van der Waals surface area contributed by atoms with Crippen molar-refractivity contribution in [2.24, 2.45) is 11.4 Å². The van der Waals surface area contributed by atoms with E-state index in [0.29, 0.717) is 5.65 Å². The summed E-state index contributed by atoms with van der Waals surface area (Å²) >= 11 is 0. The number of pyridine rings is 1. The molecule has 1 unspecified atom stereocenters. The first-order valence-corrected chi connectivity index (χ1v) is 12.8. The Balaban J connectivity index is 1.86. The monoisotopic (exact) mass is 505 g/mol. The van der Waals surface area contributed by atoms with E-state index in [4.69, 9.17) is 0 Å². The molecule has 1 amide bonds. The number of alkyl halides is 3. The largest absolute Gasteiger partial charge is 0.417 e. The number of hydrogen-bond acceptors (Lipinski definition) is 6. The van der Waals surface area contributed by atoms with Crippen molar-refractivity contribution >= 4 is 32.4 Å². The molecule has 0 radical (unpaired) electrons. The fraction of sp³-hybridized carbons (Fsp3) is 0.409. The lowest BCUT2D eigenvalue weighted by Crippen LogP contribution is -2.10. The second-order valence-corrected chi connectivity index (χ2v) is 10.8. The molecule has 4 heterocycles. The molecule has 0 aliphatic heterocycles. The molecular formula is C22H22F3N7O2S. The average Bonchev–Trinajstić information content (AvgIpc) is 3.52. The molecule has 0 bridgehead atoms. The van der Waals surface area contributed by atoms with Gasteiger partial charge in [-0.05, 0) is 25.0 Å². The molecule has 9 nitrogen and oxygen atoms in total. The van der Waals surface area contributed by atoms with E-state index in [1.807, 2.05) is 6.07 Å². The summed E-state index contributed by atoms with van der Waals surface area (Å²) in [7, 11) is -1.71. The molecule has 1 aliphatic rings. The third-order valence-electron chi connectivity index (χ3n) is 6.02. The van der Waals surface area contributed by atoms with Gasteiger partial charge >= 0.3 is 6.18 Å². The number of carbonyl (C=O) groups is 1. The van der Waals surface area contributed by atoms with Crippen LogP contribution in [0.1, 0.15) is 50.3 Å². The van der Waals surface area contributed by atoms with Crippen LogP contribution in [0, 0.1) is 0 Å². The highest BCUT2D eigenvalue weighted by atomic mass is 32.2. The first-order chi connectivity index (χ1) is 16.6. The molecule has 4 aromatic heterocycles. The zero-order chi connectivity index (χ0) is 25.1. The molecule has 1 atom stereocenters. The van der Waals surface area contributed by atoms with Crippen LogP contribution in [0.15, 0.2) is 33.9 Å². The Labute approximate surface area is 198 Å². The first-order valence-electron chi connectivity index (χ1n) is 11.1. The minimum atomic E-state index is -4.58. The minimum absolute atomic E-state index is 0.00873. The number of imidazole rings is 1. The van der Waals surface area contributed by atoms with Crippen LogP contribution >= 0.6 is 0 Å². The maximum Gasteiger partial charge on any atom is 0.417 e. The van der Waals surface area contributed by atoms with E-state index in [2.05, 4.69) is 24.4 Å². The summed E-state index contributed by atoms with van der Waals surface area (Å²) in [5.41, 5.74) is 0.787. The summed E-state index contributed by atoms with van der Waals surface area (Å²) < 4.78 is 60.9. The fourth-order valence-corrected chi connectivity index (χ4v) is 5.64. The van der Waals surface area contributed by atoms with Gasteiger partial charge in [0.15, 0.2) is 16.3 Å². The number of carbonyl (C=O) groups excluding carboxylic acids is 1. The smallest absolute Gasteiger partial charge is 0.312 e. The number of aromatic nitrogens is 6. The number of rotatable bonds is 5. The molecular weight excluding hydrogens is 483 g/mol. The quantitative estimate of drug-likeness (QED) is 0.399. The number of amides is 1. The third kappa shape index (κ3) is 3.87. The van der Waals surface area contributed by atoms with Crippen LogP contribution < -0.4 is 0 Å². The second-order valence-electron chi connectivity index (χ2n) is 8.39. The Hall–Kier alpha value is -3.35. The van der Waals surface area contributed by atoms with Crippen molar-refractivity contribution in [3.63, 3.8) is 0 Å². The van der Waals surface area contributed by atoms with Crippen molar-refractivity contribution in [2.75, 3.05) is 5.75 Å². The second kappa shape index (κ2) is 8.11. The SMILES string of the molecule is CCC(=O)N=S(=O)(CC)c1nn2c(C3CC3)ccnc2c1-c1nc2cc(C(F)(F)F)cnc2n1C. The average molecular weight is 506 g/mol. The highest BCUT2D eigenvalue weighted by Gasteiger charge is 2.34. The van der Waals surface area contributed by atoms with Gasteiger partial charge in [0.05, 0.1) is 11.1 Å². The maximum atomic E-state index is 14.0. The molecule has 1 aliphatic carbocycles. The van der Waals surface area contributed by atoms with E-state index in [-0.39, 0.29) is 45.7 Å². The van der Waals surface area contributed by atoms with Crippen LogP contribution in [0.4, 0.5) is 13.2 Å². The molecule has 0 N–H and O–H groups in total. The van der Waals surface area contributed by atoms with Gasteiger partial charge in [0.25, 0.3) is 5.91 Å². The number of aryl methyl sites for hydroxylation is 1. The Bertz CT molecular complexity index is 1610. The van der Waals surface area contributed by atoms with Crippen LogP contribution in [-0.4, -0.2) is 45.0 Å². The summed E-state index contributed by atoms with van der Waals surface area (Å²) in [6.45, 7) is 3.26. The highest BCUT2D eigenvalue weighted by Crippen LogP contribution is 2.42. The number of nitrogens with zero attached hydrogens (tertiary/aromatic N) is 7. The summed E-state index contributed by atoms with van der Waals surface area (Å²) in [6.07, 6.45) is -0.196. The van der Waals surface area contributed by atoms with Crippen molar-refractivity contribution in [3.8, 4) is 11.4 Å². The Kier molecular flexibility index (Phi) is 5.42. The van der Waals surface area contributed by atoms with Gasteiger partial charge in [0, 0.05) is 43.2 Å². The third-order valence-corrected chi connectivity index (χ3v) is 8.19. The predicted octanol–water partition coefficient (Wildman–Crippen LogP) is 4.36. The molecule has 13 heteroatoms. The van der Waals surface area contributed by atoms with E-state index in [9.17, 15) is 22.2 Å². The van der Waals surface area contributed by atoms with Crippen LogP contribution in [0.5, 0.6) is 0 Å². The van der Waals surface area contributed by atoms with Crippen molar-refractivity contribution in [3.05, 3.63) is 35.8 Å². The van der Waals surface area contributed by atoms with Gasteiger partial charge in [-0.3, -0.25) is 4.79 Å². The summed E-state index contributed by atoms with van der Waals surface area (Å²) in [5.74, 6) is -0.0619. The molecule has 35 heavy (non-hydrogen) atoms. The zero-order valence-corrected chi connectivity index (χ0v) is 20.0. The number of fused-ring (bicyclic) bond motifs is 2. The Morgan fingerprint density at radius 3 is 2.60 bits per heavy atom. The van der Waals surface area contributed by atoms with Crippen LogP contribution in [0.2, 0.25) is 0 Å². The van der Waals surface area contributed by atoms with Crippen molar-refractivity contribution in [1.29, 1.82) is 0 Å². The lowest BCUT2D eigenvalue weighted by atomic mass is 10.2. The van der Waals surface area contributed by atoms with Crippen LogP contribution in [0.3, 0.4) is 0 Å². The Morgan fingerprint density at radius 1 is 1.23 bits per heavy atom. The summed E-state index contributed by atoms with van der Waals surface area (Å²) in [6, 6.07) is 2.75. The van der Waals surface area contributed by atoms with Crippen LogP contribution in [0.25, 0.3) is 28.2 Å². The normalized spacial score (nSPS) is 16.1. The zero-order valence-electron chi connectivity index (χ0n) is 19.2. The molecule has 1 saturated carbocycles. The lowest BCUT2D eigenvalue weighted by Gasteiger charge is -2.07. The minimum Gasteiger partial charge on any atom is -0.312 e. The molecule has 0 aromatic carbocycles. The summed E-state index contributed by atoms with van der Waals surface area (Å²) in [5, 5.41) is 4.67. The van der Waals surface area contributed by atoms with Crippen LogP contribution in [-0.2, 0) is 27.7 Å². The first kappa shape index (κ1) is 23.4. The number of hydrogen-bond donors (Lipinski definition) is 0. The highest BCUT2D eigenvalue weighted by molar-refractivity contribution is 7.94. The van der Waals surface area contributed by atoms with Gasteiger partial charge in [0.1, 0.15) is 21.1 Å². The van der Waals surface area contributed by atoms with Crippen molar-refractivity contribution in [1.82, 2.24) is 29.1 Å². The number of halogens is 3. The van der Waals surface area contributed by atoms with E-state index >= 15 is 0 Å². The van der Waals surface area contributed by atoms with Gasteiger partial charge in [-0.15, -0.1) is 0 Å². The Morgan fingerprint density at radius 2 is 1.97 bits per heavy atom. The van der Waals surface area contributed by atoms with E-state index in [1.165, 1.54) is 4.57 Å². The topological polar surface area (TPSA) is 107 Å². The van der Waals surface area contributed by atoms with Gasteiger partial charge < -0.3 is 4.57 Å². The molecule has 1 fully saturated rings. The molecule has 4 aromatic rings. The maximum absolute atomic E-state index is 14.0. The molecule has 5 rings (SSSR count). The van der Waals surface area contributed by atoms with Gasteiger partial charge in [-0.1, -0.05) is 13.8 Å². The fourth-order valence-electron chi connectivity index (χ4n) is 3.98. The van der Waals surface area contributed by atoms with E-state index in [1.54, 1.807) is 31.6 Å². The van der Waals surface area contributed by atoms with Gasteiger partial charge in [-0.2, -0.15) is 22.6 Å². The van der Waals surface area contributed by atoms with Crippen molar-refractivity contribution < 1.29 is 22.2 Å². The molecule has 184 valence electrons. The van der Waals surface area contributed by atoms with E-state index in [0.717, 1.165) is 30.8 Å². The van der Waals surface area contributed by atoms with Gasteiger partial charge in [-0.25, -0.2) is 23.7 Å². The molecule has 0 saturated heterocycles. The molecule has 0 spiro atoms. The van der Waals surface area contributed by atoms with Crippen molar-refractivity contribution in [2.45, 2.75) is 50.2 Å². The van der Waals surface area contributed by atoms with E-state index < -0.39 is 27.4 Å². The standard InChI is InChI=1S/C22H22F3N7O2S/c1-4-16(33)30-35(34,5-2)21-17(19-26-9-8-15(12-6-7-12)32(19)29-21)20-28-14-10-13(22(23,24)25)11-27-18(14)31(20)3/h8-12H,4-7H2,1-3H3. The van der Waals surface area contributed by atoms with Gasteiger partial charge in [0.2, 0.25) is 0 Å². The lowest BCUT2D eigenvalue weighted by molar-refractivity contribution is -0.137. The predicted molar refractivity (Wildman–Crippen MR) is 122 cm³/mol. The summed E-state index contributed by atoms with van der Waals surface area (Å²) in [4.78, 5) is 25.1.